The maximum atomic E-state index is 13.0. The van der Waals surface area contributed by atoms with Crippen molar-refractivity contribution in [3.63, 3.8) is 0 Å². The highest BCUT2D eigenvalue weighted by Crippen LogP contribution is 2.33. The molecule has 3 rings (SSSR count). The molecule has 1 aromatic heterocycles. The summed E-state index contributed by atoms with van der Waals surface area (Å²) in [4.78, 5) is 13.5. The summed E-state index contributed by atoms with van der Waals surface area (Å²) in [7, 11) is -1.96. The number of hydrogen-bond acceptors (Lipinski definition) is 6. The zero-order valence-electron chi connectivity index (χ0n) is 13.8. The number of rotatable bonds is 6. The molecule has 1 aliphatic heterocycles. The van der Waals surface area contributed by atoms with E-state index in [0.717, 1.165) is 17.7 Å². The molecule has 7 nitrogen and oxygen atoms in total. The number of nitro groups is 1. The minimum Gasteiger partial charge on any atom is -0.368 e. The topological polar surface area (TPSA) is 83.8 Å². The van der Waals surface area contributed by atoms with Crippen LogP contribution in [0.25, 0.3) is 0 Å². The lowest BCUT2D eigenvalue weighted by Crippen LogP contribution is -2.30. The summed E-state index contributed by atoms with van der Waals surface area (Å²) in [5, 5.41) is 13.1. The lowest BCUT2D eigenvalue weighted by molar-refractivity contribution is -0.385. The molecule has 1 aromatic carbocycles. The van der Waals surface area contributed by atoms with Crippen LogP contribution in [0.2, 0.25) is 0 Å². The van der Waals surface area contributed by atoms with Gasteiger partial charge in [-0.15, -0.1) is 11.3 Å². The van der Waals surface area contributed by atoms with Crippen molar-refractivity contribution in [2.24, 2.45) is 0 Å². The predicted molar refractivity (Wildman–Crippen MR) is 97.5 cm³/mol. The zero-order valence-corrected chi connectivity index (χ0v) is 15.4. The predicted octanol–water partition coefficient (Wildman–Crippen LogP) is 3.08. The van der Waals surface area contributed by atoms with Crippen LogP contribution in [0.1, 0.15) is 17.7 Å². The average molecular weight is 381 g/mol. The van der Waals surface area contributed by atoms with E-state index >= 15 is 0 Å². The van der Waals surface area contributed by atoms with Crippen molar-refractivity contribution in [2.75, 3.05) is 25.0 Å². The zero-order chi connectivity index (χ0) is 18.0. The first-order chi connectivity index (χ1) is 11.9. The number of non-ortho nitro benzene ring substituents is 1. The molecule has 0 saturated carbocycles. The van der Waals surface area contributed by atoms with Gasteiger partial charge < -0.3 is 4.90 Å². The van der Waals surface area contributed by atoms with Crippen molar-refractivity contribution in [1.82, 2.24) is 4.31 Å². The fourth-order valence-electron chi connectivity index (χ4n) is 2.93. The maximum absolute atomic E-state index is 13.0. The van der Waals surface area contributed by atoms with Crippen molar-refractivity contribution in [3.8, 4) is 0 Å². The molecule has 1 fully saturated rings. The van der Waals surface area contributed by atoms with E-state index in [4.69, 9.17) is 0 Å². The van der Waals surface area contributed by atoms with Gasteiger partial charge in [-0.1, -0.05) is 6.07 Å². The second kappa shape index (κ2) is 7.11. The summed E-state index contributed by atoms with van der Waals surface area (Å²) >= 11 is 1.58. The minimum absolute atomic E-state index is 0.00246. The van der Waals surface area contributed by atoms with Gasteiger partial charge in [0.05, 0.1) is 17.2 Å². The van der Waals surface area contributed by atoms with Gasteiger partial charge >= 0.3 is 0 Å². The molecule has 0 aliphatic carbocycles. The van der Waals surface area contributed by atoms with Crippen LogP contribution in [0.5, 0.6) is 0 Å². The second-order valence-corrected chi connectivity index (χ2v) is 8.89. The lowest BCUT2D eigenvalue weighted by atomic mass is 10.2. The molecule has 1 saturated heterocycles. The van der Waals surface area contributed by atoms with E-state index in [9.17, 15) is 18.5 Å². The molecule has 0 spiro atoms. The number of benzene rings is 1. The average Bonchev–Trinajstić information content (AvgIpc) is 3.28. The van der Waals surface area contributed by atoms with Gasteiger partial charge in [-0.05, 0) is 30.4 Å². The SMILES string of the molecule is CN(Cc1cccs1)c1ccc([N+](=O)[O-])cc1S(=O)(=O)N1CCCC1. The summed E-state index contributed by atoms with van der Waals surface area (Å²) in [6.45, 7) is 1.45. The summed E-state index contributed by atoms with van der Waals surface area (Å²) in [6.07, 6.45) is 1.63. The Morgan fingerprint density at radius 1 is 1.28 bits per heavy atom. The number of sulfonamides is 1. The van der Waals surface area contributed by atoms with Crippen LogP contribution in [-0.4, -0.2) is 37.8 Å². The van der Waals surface area contributed by atoms with Gasteiger partial charge in [0.1, 0.15) is 4.90 Å². The Kier molecular flexibility index (Phi) is 5.07. The number of hydrogen-bond donors (Lipinski definition) is 0. The molecular weight excluding hydrogens is 362 g/mol. The molecule has 0 amide bonds. The highest BCUT2D eigenvalue weighted by Gasteiger charge is 2.31. The number of anilines is 1. The van der Waals surface area contributed by atoms with Crippen molar-refractivity contribution in [1.29, 1.82) is 0 Å². The maximum Gasteiger partial charge on any atom is 0.270 e. The Labute approximate surface area is 150 Å². The Morgan fingerprint density at radius 2 is 2.00 bits per heavy atom. The van der Waals surface area contributed by atoms with Crippen molar-refractivity contribution in [2.45, 2.75) is 24.3 Å². The van der Waals surface area contributed by atoms with Crippen LogP contribution >= 0.6 is 11.3 Å². The van der Waals surface area contributed by atoms with Crippen LogP contribution < -0.4 is 4.90 Å². The first-order valence-electron chi connectivity index (χ1n) is 7.92. The third-order valence-corrected chi connectivity index (χ3v) is 7.01. The Bertz CT molecular complexity index is 860. The highest BCUT2D eigenvalue weighted by molar-refractivity contribution is 7.89. The van der Waals surface area contributed by atoms with Crippen LogP contribution in [0.15, 0.2) is 40.6 Å². The van der Waals surface area contributed by atoms with Crippen molar-refractivity contribution >= 4 is 32.7 Å². The first kappa shape index (κ1) is 17.8. The smallest absolute Gasteiger partial charge is 0.270 e. The second-order valence-electron chi connectivity index (χ2n) is 5.96. The molecule has 2 heterocycles. The van der Waals surface area contributed by atoms with E-state index in [2.05, 4.69) is 0 Å². The van der Waals surface area contributed by atoms with Crippen LogP contribution in [-0.2, 0) is 16.6 Å². The fraction of sp³-hybridized carbons (Fsp3) is 0.375. The molecule has 0 bridgehead atoms. The van der Waals surface area contributed by atoms with Gasteiger partial charge in [-0.2, -0.15) is 4.31 Å². The number of nitro benzene ring substituents is 1. The summed E-state index contributed by atoms with van der Waals surface area (Å²) in [5.74, 6) is 0. The molecule has 0 N–H and O–H groups in total. The first-order valence-corrected chi connectivity index (χ1v) is 10.2. The van der Waals surface area contributed by atoms with E-state index in [0.29, 0.717) is 25.3 Å². The van der Waals surface area contributed by atoms with E-state index in [1.165, 1.54) is 22.5 Å². The molecule has 9 heteroatoms. The van der Waals surface area contributed by atoms with Gasteiger partial charge in [0, 0.05) is 37.1 Å². The monoisotopic (exact) mass is 381 g/mol. The number of thiophene rings is 1. The van der Waals surface area contributed by atoms with Crippen LogP contribution in [0, 0.1) is 10.1 Å². The molecule has 134 valence electrons. The quantitative estimate of drug-likeness (QED) is 0.567. The summed E-state index contributed by atoms with van der Waals surface area (Å²) in [5.41, 5.74) is 0.261. The summed E-state index contributed by atoms with van der Waals surface area (Å²) in [6, 6.07) is 7.96. The molecule has 2 aromatic rings. The van der Waals surface area contributed by atoms with Gasteiger partial charge in [-0.3, -0.25) is 10.1 Å². The van der Waals surface area contributed by atoms with Crippen LogP contribution in [0.4, 0.5) is 11.4 Å². The van der Waals surface area contributed by atoms with Gasteiger partial charge in [0.2, 0.25) is 10.0 Å². The third kappa shape index (κ3) is 3.68. The highest BCUT2D eigenvalue weighted by atomic mass is 32.2. The van der Waals surface area contributed by atoms with Crippen molar-refractivity contribution in [3.05, 3.63) is 50.7 Å². The molecule has 1 aliphatic rings. The standard InChI is InChI=1S/C16H19N3O4S2/c1-17(12-14-5-4-10-24-14)15-7-6-13(19(20)21)11-16(15)25(22,23)18-8-2-3-9-18/h4-7,10-11H,2-3,8-9,12H2,1H3. The van der Waals surface area contributed by atoms with E-state index < -0.39 is 14.9 Å². The lowest BCUT2D eigenvalue weighted by Gasteiger charge is -2.24. The normalized spacial score (nSPS) is 15.4. The fourth-order valence-corrected chi connectivity index (χ4v) is 5.46. The van der Waals surface area contributed by atoms with Gasteiger partial charge in [0.15, 0.2) is 0 Å². The molecule has 0 atom stereocenters. The minimum atomic E-state index is -3.76. The molecule has 0 radical (unpaired) electrons. The summed E-state index contributed by atoms with van der Waals surface area (Å²) < 4.78 is 27.4. The van der Waals surface area contributed by atoms with E-state index in [1.54, 1.807) is 18.4 Å². The van der Waals surface area contributed by atoms with Gasteiger partial charge in [-0.25, -0.2) is 8.42 Å². The van der Waals surface area contributed by atoms with Gasteiger partial charge in [0.25, 0.3) is 5.69 Å². The van der Waals surface area contributed by atoms with E-state index in [-0.39, 0.29) is 10.6 Å². The van der Waals surface area contributed by atoms with E-state index in [1.807, 2.05) is 22.4 Å². The van der Waals surface area contributed by atoms with Crippen LogP contribution in [0.3, 0.4) is 0 Å². The molecule has 0 unspecified atom stereocenters. The number of nitrogens with zero attached hydrogens (tertiary/aromatic N) is 3. The Morgan fingerprint density at radius 3 is 2.60 bits per heavy atom. The molecular formula is C16H19N3O4S2. The largest absolute Gasteiger partial charge is 0.368 e. The van der Waals surface area contributed by atoms with Crippen molar-refractivity contribution < 1.29 is 13.3 Å². The molecule has 25 heavy (non-hydrogen) atoms. The Balaban J connectivity index is 2.03. The third-order valence-electron chi connectivity index (χ3n) is 4.22. The Hall–Kier alpha value is -1.97.